The van der Waals surface area contributed by atoms with E-state index < -0.39 is 0 Å². The number of hydrogen-bond acceptors (Lipinski definition) is 1. The van der Waals surface area contributed by atoms with Gasteiger partial charge >= 0.3 is 0 Å². The van der Waals surface area contributed by atoms with Gasteiger partial charge in [-0.15, -0.1) is 0 Å². The normalized spacial score (nSPS) is 16.8. The first-order valence-electron chi connectivity index (χ1n) is 5.81. The molecule has 0 radical (unpaired) electrons. The third-order valence-electron chi connectivity index (χ3n) is 3.50. The van der Waals surface area contributed by atoms with E-state index in [2.05, 4.69) is 31.2 Å². The van der Waals surface area contributed by atoms with E-state index in [0.717, 1.165) is 5.02 Å². The summed E-state index contributed by atoms with van der Waals surface area (Å²) in [4.78, 5) is 0. The van der Waals surface area contributed by atoms with E-state index in [9.17, 15) is 0 Å². The third-order valence-corrected chi connectivity index (χ3v) is 3.73. The zero-order valence-electron chi connectivity index (χ0n) is 9.70. The van der Waals surface area contributed by atoms with E-state index in [-0.39, 0.29) is 0 Å². The van der Waals surface area contributed by atoms with Gasteiger partial charge in [-0.05, 0) is 41.3 Å². The summed E-state index contributed by atoms with van der Waals surface area (Å²) in [6, 6.07) is 12.7. The number of rotatable bonds is 1. The van der Waals surface area contributed by atoms with Gasteiger partial charge in [0.2, 0.25) is 0 Å². The van der Waals surface area contributed by atoms with E-state index >= 15 is 0 Å². The number of halogens is 1. The van der Waals surface area contributed by atoms with Gasteiger partial charge in [0, 0.05) is 17.5 Å². The second kappa shape index (κ2) is 3.86. The van der Waals surface area contributed by atoms with Crippen LogP contribution in [0.25, 0.3) is 11.1 Å². The predicted octanol–water partition coefficient (Wildman–Crippen LogP) is 3.72. The standard InChI is InChI=1S/C15H14ClN/c1-9-2-4-11-12-5-3-10(16)7-14(12)15(8-17)13(11)6-9/h2-7,15H,8,17H2,1H3. The number of nitrogens with two attached hydrogens (primary N) is 1. The Morgan fingerprint density at radius 2 is 1.71 bits per heavy atom. The molecule has 0 saturated heterocycles. The van der Waals surface area contributed by atoms with Crippen molar-refractivity contribution in [3.05, 3.63) is 58.1 Å². The third kappa shape index (κ3) is 1.58. The molecule has 1 aliphatic carbocycles. The van der Waals surface area contributed by atoms with Crippen LogP contribution < -0.4 is 5.73 Å². The Morgan fingerprint density at radius 1 is 1.06 bits per heavy atom. The molecule has 0 fully saturated rings. The van der Waals surface area contributed by atoms with Crippen LogP contribution in [0.5, 0.6) is 0 Å². The highest BCUT2D eigenvalue weighted by Gasteiger charge is 2.27. The first kappa shape index (κ1) is 10.8. The summed E-state index contributed by atoms with van der Waals surface area (Å²) in [5.74, 6) is 0.290. The number of fused-ring (bicyclic) bond motifs is 3. The van der Waals surface area contributed by atoms with Crippen molar-refractivity contribution in [1.29, 1.82) is 0 Å². The van der Waals surface area contributed by atoms with Crippen molar-refractivity contribution >= 4 is 11.6 Å². The van der Waals surface area contributed by atoms with Crippen molar-refractivity contribution in [1.82, 2.24) is 0 Å². The van der Waals surface area contributed by atoms with Crippen LogP contribution in [0.4, 0.5) is 0 Å². The van der Waals surface area contributed by atoms with Crippen molar-refractivity contribution in [3.63, 3.8) is 0 Å². The van der Waals surface area contributed by atoms with Crippen LogP contribution in [0.2, 0.25) is 5.02 Å². The van der Waals surface area contributed by atoms with Crippen molar-refractivity contribution < 1.29 is 0 Å². The maximum atomic E-state index is 6.08. The molecule has 2 aromatic rings. The smallest absolute Gasteiger partial charge is 0.0409 e. The molecule has 0 bridgehead atoms. The Kier molecular flexibility index (Phi) is 2.46. The van der Waals surface area contributed by atoms with E-state index in [0.29, 0.717) is 12.5 Å². The van der Waals surface area contributed by atoms with Gasteiger partial charge in [-0.3, -0.25) is 0 Å². The van der Waals surface area contributed by atoms with Crippen molar-refractivity contribution in [2.75, 3.05) is 6.54 Å². The number of benzene rings is 2. The lowest BCUT2D eigenvalue weighted by Gasteiger charge is -2.10. The maximum Gasteiger partial charge on any atom is 0.0409 e. The molecule has 3 rings (SSSR count). The van der Waals surface area contributed by atoms with Gasteiger partial charge in [0.25, 0.3) is 0 Å². The number of aryl methyl sites for hydroxylation is 1. The Bertz CT molecular complexity index is 538. The molecule has 0 aromatic heterocycles. The highest BCUT2D eigenvalue weighted by Crippen LogP contribution is 2.45. The molecule has 1 nitrogen and oxygen atoms in total. The second-order valence-electron chi connectivity index (χ2n) is 4.61. The molecule has 0 spiro atoms. The molecule has 1 aliphatic rings. The highest BCUT2D eigenvalue weighted by molar-refractivity contribution is 6.30. The molecule has 2 aromatic carbocycles. The summed E-state index contributed by atoms with van der Waals surface area (Å²) in [5.41, 5.74) is 12.4. The van der Waals surface area contributed by atoms with E-state index in [1.807, 2.05) is 12.1 Å². The summed E-state index contributed by atoms with van der Waals surface area (Å²) in [6.45, 7) is 2.74. The molecule has 0 amide bonds. The Morgan fingerprint density at radius 3 is 2.41 bits per heavy atom. The Hall–Kier alpha value is -1.31. The van der Waals surface area contributed by atoms with Crippen LogP contribution in [0.15, 0.2) is 36.4 Å². The zero-order chi connectivity index (χ0) is 12.0. The summed E-state index contributed by atoms with van der Waals surface area (Å²) in [5, 5.41) is 0.784. The summed E-state index contributed by atoms with van der Waals surface area (Å²) in [7, 11) is 0. The lowest BCUT2D eigenvalue weighted by Crippen LogP contribution is -2.11. The molecule has 2 heteroatoms. The first-order chi connectivity index (χ1) is 8.20. The minimum Gasteiger partial charge on any atom is -0.330 e. The zero-order valence-corrected chi connectivity index (χ0v) is 10.5. The molecular formula is C15H14ClN. The van der Waals surface area contributed by atoms with Gasteiger partial charge in [0.15, 0.2) is 0 Å². The average molecular weight is 244 g/mol. The van der Waals surface area contributed by atoms with Crippen molar-refractivity contribution in [2.24, 2.45) is 5.73 Å². The van der Waals surface area contributed by atoms with Crippen LogP contribution in [0.1, 0.15) is 22.6 Å². The largest absolute Gasteiger partial charge is 0.330 e. The average Bonchev–Trinajstić information content (AvgIpc) is 2.60. The monoisotopic (exact) mass is 243 g/mol. The summed E-state index contributed by atoms with van der Waals surface area (Å²) in [6.07, 6.45) is 0. The van der Waals surface area contributed by atoms with Crippen LogP contribution in [-0.4, -0.2) is 6.54 Å². The fraction of sp³-hybridized carbons (Fsp3) is 0.200. The van der Waals surface area contributed by atoms with Crippen molar-refractivity contribution in [3.8, 4) is 11.1 Å². The number of hydrogen-bond donors (Lipinski definition) is 1. The Labute approximate surface area is 106 Å². The predicted molar refractivity (Wildman–Crippen MR) is 72.5 cm³/mol. The maximum absolute atomic E-state index is 6.08. The molecule has 0 heterocycles. The molecule has 86 valence electrons. The molecule has 17 heavy (non-hydrogen) atoms. The fourth-order valence-electron chi connectivity index (χ4n) is 2.70. The summed E-state index contributed by atoms with van der Waals surface area (Å²) < 4.78 is 0. The van der Waals surface area contributed by atoms with Gasteiger partial charge < -0.3 is 5.73 Å². The lowest BCUT2D eigenvalue weighted by molar-refractivity contribution is 0.840. The van der Waals surface area contributed by atoms with E-state index in [1.165, 1.54) is 27.8 Å². The van der Waals surface area contributed by atoms with E-state index in [1.54, 1.807) is 0 Å². The van der Waals surface area contributed by atoms with Gasteiger partial charge in [-0.25, -0.2) is 0 Å². The fourth-order valence-corrected chi connectivity index (χ4v) is 2.88. The second-order valence-corrected chi connectivity index (χ2v) is 5.05. The Balaban J connectivity index is 2.28. The SMILES string of the molecule is Cc1ccc2c(c1)C(CN)c1cc(Cl)ccc1-2. The minimum absolute atomic E-state index is 0.290. The molecule has 1 unspecified atom stereocenters. The summed E-state index contributed by atoms with van der Waals surface area (Å²) >= 11 is 6.08. The van der Waals surface area contributed by atoms with Crippen molar-refractivity contribution in [2.45, 2.75) is 12.8 Å². The van der Waals surface area contributed by atoms with Crippen LogP contribution >= 0.6 is 11.6 Å². The lowest BCUT2D eigenvalue weighted by atomic mass is 9.96. The van der Waals surface area contributed by atoms with Gasteiger partial charge in [-0.2, -0.15) is 0 Å². The van der Waals surface area contributed by atoms with Gasteiger partial charge in [0.1, 0.15) is 0 Å². The van der Waals surface area contributed by atoms with Crippen LogP contribution in [0.3, 0.4) is 0 Å². The molecule has 2 N–H and O–H groups in total. The first-order valence-corrected chi connectivity index (χ1v) is 6.19. The highest BCUT2D eigenvalue weighted by atomic mass is 35.5. The van der Waals surface area contributed by atoms with Crippen LogP contribution in [-0.2, 0) is 0 Å². The molecule has 1 atom stereocenters. The molecule has 0 saturated carbocycles. The topological polar surface area (TPSA) is 26.0 Å². The molecular weight excluding hydrogens is 230 g/mol. The quantitative estimate of drug-likeness (QED) is 0.812. The molecule has 0 aliphatic heterocycles. The minimum atomic E-state index is 0.290. The van der Waals surface area contributed by atoms with Gasteiger partial charge in [-0.1, -0.05) is 41.4 Å². The van der Waals surface area contributed by atoms with Gasteiger partial charge in [0.05, 0.1) is 0 Å². The van der Waals surface area contributed by atoms with Crippen LogP contribution in [0, 0.1) is 6.92 Å². The van der Waals surface area contributed by atoms with E-state index in [4.69, 9.17) is 17.3 Å².